The lowest BCUT2D eigenvalue weighted by Gasteiger charge is -2.18. The van der Waals surface area contributed by atoms with Gasteiger partial charge in [0, 0.05) is 19.8 Å². The van der Waals surface area contributed by atoms with Crippen LogP contribution >= 0.6 is 12.2 Å². The van der Waals surface area contributed by atoms with Gasteiger partial charge in [0.1, 0.15) is 18.8 Å². The number of benzene rings is 2. The molecule has 0 radical (unpaired) electrons. The lowest BCUT2D eigenvalue weighted by atomic mass is 10.0. The second-order valence-electron chi connectivity index (χ2n) is 8.28. The maximum absolute atomic E-state index is 6.00. The van der Waals surface area contributed by atoms with Crippen LogP contribution in [0, 0.1) is 4.77 Å². The van der Waals surface area contributed by atoms with Crippen LogP contribution in [0.25, 0.3) is 17.1 Å². The van der Waals surface area contributed by atoms with Crippen molar-refractivity contribution >= 4 is 12.2 Å². The number of hydrogen-bond acceptors (Lipinski definition) is 5. The second-order valence-corrected chi connectivity index (χ2v) is 8.64. The number of rotatable bonds is 12. The Balaban J connectivity index is 2.12. The number of hydrogen-bond donors (Lipinski definition) is 1. The Morgan fingerprint density at radius 1 is 0.939 bits per heavy atom. The van der Waals surface area contributed by atoms with Crippen LogP contribution < -0.4 is 9.64 Å². The molecule has 2 aromatic carbocycles. The van der Waals surface area contributed by atoms with E-state index in [1.54, 1.807) is 21.3 Å². The third-order valence-electron chi connectivity index (χ3n) is 5.68. The summed E-state index contributed by atoms with van der Waals surface area (Å²) in [4.78, 5) is 1.29. The minimum atomic E-state index is 0.348. The number of methoxy groups -OCH3 is 3. The molecule has 0 aliphatic rings. The average molecular weight is 472 g/mol. The molecule has 1 aromatic heterocycles. The van der Waals surface area contributed by atoms with Crippen LogP contribution in [0.5, 0.6) is 5.75 Å². The Hall–Kier alpha value is -2.52. The highest BCUT2D eigenvalue weighted by Gasteiger charge is 2.20. The third-order valence-corrected chi connectivity index (χ3v) is 6.07. The van der Waals surface area contributed by atoms with Gasteiger partial charge in [0.05, 0.1) is 26.0 Å². The third kappa shape index (κ3) is 6.09. The van der Waals surface area contributed by atoms with Gasteiger partial charge in [-0.3, -0.25) is 4.57 Å². The fraction of sp³-hybridized carbons (Fsp3) is 0.440. The van der Waals surface area contributed by atoms with Crippen molar-refractivity contribution in [2.45, 2.75) is 26.4 Å². The van der Waals surface area contributed by atoms with Crippen molar-refractivity contribution in [1.29, 1.82) is 0 Å². The molecule has 8 heteroatoms. The molecule has 33 heavy (non-hydrogen) atoms. The first kappa shape index (κ1) is 25.1. The van der Waals surface area contributed by atoms with Crippen molar-refractivity contribution in [2.24, 2.45) is 0 Å². The van der Waals surface area contributed by atoms with Crippen molar-refractivity contribution in [2.75, 3.05) is 47.6 Å². The summed E-state index contributed by atoms with van der Waals surface area (Å²) in [5.41, 5.74) is 3.27. The second kappa shape index (κ2) is 12.1. The highest BCUT2D eigenvalue weighted by Crippen LogP contribution is 2.29. The molecule has 0 saturated heterocycles. The summed E-state index contributed by atoms with van der Waals surface area (Å²) in [6, 6.07) is 16.3. The molecule has 0 saturated carbocycles. The summed E-state index contributed by atoms with van der Waals surface area (Å²) in [5, 5.41) is 5.00. The van der Waals surface area contributed by atoms with Crippen molar-refractivity contribution in [3.05, 3.63) is 58.9 Å². The van der Waals surface area contributed by atoms with Crippen molar-refractivity contribution < 1.29 is 19.1 Å². The topological polar surface area (TPSA) is 54.9 Å². The molecule has 3 rings (SSSR count). The van der Waals surface area contributed by atoms with Crippen LogP contribution in [0.3, 0.4) is 0 Å². The van der Waals surface area contributed by atoms with Gasteiger partial charge in [0.2, 0.25) is 4.77 Å². The van der Waals surface area contributed by atoms with E-state index < -0.39 is 0 Å². The van der Waals surface area contributed by atoms with E-state index in [2.05, 4.69) is 36.6 Å². The molecule has 0 spiro atoms. The number of para-hydroxylation sites is 1. The van der Waals surface area contributed by atoms with E-state index in [9.17, 15) is 0 Å². The van der Waals surface area contributed by atoms with Crippen LogP contribution in [0.15, 0.2) is 48.5 Å². The molecule has 0 atom stereocenters. The zero-order valence-electron chi connectivity index (χ0n) is 20.2. The quantitative estimate of drug-likeness (QED) is 0.411. The predicted molar refractivity (Wildman–Crippen MR) is 133 cm³/mol. The standard InChI is InChI=1S/C25H34N4O3S/c1-19(2)22-8-6-7-9-23(22)29-24(20-10-12-21(32-5)13-11-20)26-28(25(29)33)18-27(14-16-30-3)15-17-31-4/h6-13,19H,14-18H2,1-5H3/p+1. The van der Waals surface area contributed by atoms with Gasteiger partial charge < -0.3 is 19.1 Å². The largest absolute Gasteiger partial charge is 0.497 e. The van der Waals surface area contributed by atoms with E-state index in [0.29, 0.717) is 30.6 Å². The van der Waals surface area contributed by atoms with Crippen LogP contribution in [-0.4, -0.2) is 62.0 Å². The lowest BCUT2D eigenvalue weighted by molar-refractivity contribution is -0.924. The van der Waals surface area contributed by atoms with Gasteiger partial charge in [-0.1, -0.05) is 32.0 Å². The number of nitrogens with one attached hydrogen (secondary N) is 1. The monoisotopic (exact) mass is 471 g/mol. The maximum atomic E-state index is 6.00. The minimum Gasteiger partial charge on any atom is -0.497 e. The normalized spacial score (nSPS) is 11.5. The lowest BCUT2D eigenvalue weighted by Crippen LogP contribution is -3.12. The Kier molecular flexibility index (Phi) is 9.20. The summed E-state index contributed by atoms with van der Waals surface area (Å²) in [7, 11) is 5.11. The molecule has 0 aliphatic heterocycles. The molecular weight excluding hydrogens is 436 g/mol. The minimum absolute atomic E-state index is 0.348. The van der Waals surface area contributed by atoms with E-state index in [1.165, 1.54) is 10.5 Å². The maximum Gasteiger partial charge on any atom is 0.207 e. The molecule has 0 unspecified atom stereocenters. The molecule has 7 nitrogen and oxygen atoms in total. The molecule has 1 N–H and O–H groups in total. The Labute approximate surface area is 201 Å². The van der Waals surface area contributed by atoms with Gasteiger partial charge >= 0.3 is 0 Å². The van der Waals surface area contributed by atoms with E-state index in [4.69, 9.17) is 31.5 Å². The number of aromatic nitrogens is 3. The number of quaternary nitrogens is 1. The van der Waals surface area contributed by atoms with Crippen LogP contribution in [-0.2, 0) is 16.1 Å². The zero-order chi connectivity index (χ0) is 23.8. The SMILES string of the molecule is COCC[NH+](CCOC)Cn1nc(-c2ccc(OC)cc2)n(-c2ccccc2C(C)C)c1=S. The summed E-state index contributed by atoms with van der Waals surface area (Å²) >= 11 is 6.00. The van der Waals surface area contributed by atoms with Crippen molar-refractivity contribution in [3.63, 3.8) is 0 Å². The fourth-order valence-electron chi connectivity index (χ4n) is 3.82. The molecule has 3 aromatic rings. The average Bonchev–Trinajstić information content (AvgIpc) is 3.16. The first-order chi connectivity index (χ1) is 16.0. The van der Waals surface area contributed by atoms with Crippen molar-refractivity contribution in [3.8, 4) is 22.8 Å². The van der Waals surface area contributed by atoms with E-state index in [1.807, 2.05) is 35.0 Å². The van der Waals surface area contributed by atoms with E-state index in [0.717, 1.165) is 35.9 Å². The first-order valence-corrected chi connectivity index (χ1v) is 11.7. The fourth-order valence-corrected chi connectivity index (χ4v) is 4.11. The first-order valence-electron chi connectivity index (χ1n) is 11.2. The smallest absolute Gasteiger partial charge is 0.207 e. The van der Waals surface area contributed by atoms with E-state index >= 15 is 0 Å². The number of ether oxygens (including phenoxy) is 3. The van der Waals surface area contributed by atoms with Crippen LogP contribution in [0.1, 0.15) is 25.3 Å². The van der Waals surface area contributed by atoms with Crippen LogP contribution in [0.4, 0.5) is 0 Å². The Morgan fingerprint density at radius 3 is 2.15 bits per heavy atom. The number of nitrogens with zero attached hydrogens (tertiary/aromatic N) is 3. The Morgan fingerprint density at radius 2 is 1.58 bits per heavy atom. The summed E-state index contributed by atoms with van der Waals surface area (Å²) in [6.45, 7) is 8.03. The van der Waals surface area contributed by atoms with Gasteiger partial charge in [-0.25, -0.2) is 0 Å². The highest BCUT2D eigenvalue weighted by molar-refractivity contribution is 7.71. The van der Waals surface area contributed by atoms with E-state index in [-0.39, 0.29) is 0 Å². The molecular formula is C25H35N4O3S+. The summed E-state index contributed by atoms with van der Waals surface area (Å²) in [5.74, 6) is 1.97. The summed E-state index contributed by atoms with van der Waals surface area (Å²) in [6.07, 6.45) is 0. The predicted octanol–water partition coefficient (Wildman–Crippen LogP) is 3.34. The van der Waals surface area contributed by atoms with Gasteiger partial charge in [0.15, 0.2) is 12.5 Å². The molecule has 0 bridgehead atoms. The van der Waals surface area contributed by atoms with Crippen LogP contribution in [0.2, 0.25) is 0 Å². The molecule has 0 aliphatic carbocycles. The molecule has 1 heterocycles. The molecule has 178 valence electrons. The van der Waals surface area contributed by atoms with Crippen molar-refractivity contribution in [1.82, 2.24) is 14.3 Å². The zero-order valence-corrected chi connectivity index (χ0v) is 21.0. The molecule has 0 fully saturated rings. The van der Waals surface area contributed by atoms with Gasteiger partial charge in [-0.15, -0.1) is 5.10 Å². The summed E-state index contributed by atoms with van der Waals surface area (Å²) < 4.78 is 20.7. The van der Waals surface area contributed by atoms with Gasteiger partial charge in [-0.05, 0) is 54.0 Å². The molecule has 0 amide bonds. The highest BCUT2D eigenvalue weighted by atomic mass is 32.1. The Bertz CT molecular complexity index is 1070. The van der Waals surface area contributed by atoms with Gasteiger partial charge in [0.25, 0.3) is 0 Å². The van der Waals surface area contributed by atoms with Gasteiger partial charge in [-0.2, -0.15) is 4.68 Å².